The Kier molecular flexibility index (Phi) is 4.28. The highest BCUT2D eigenvalue weighted by Gasteiger charge is 2.27. The normalized spacial score (nSPS) is 21.2. The first-order valence-corrected chi connectivity index (χ1v) is 8.06. The summed E-state index contributed by atoms with van der Waals surface area (Å²) in [5.74, 6) is 0.439. The molecule has 0 aromatic heterocycles. The van der Waals surface area contributed by atoms with Crippen molar-refractivity contribution in [2.24, 2.45) is 5.92 Å². The Balaban J connectivity index is 2.14. The molecule has 1 aliphatic rings. The van der Waals surface area contributed by atoms with E-state index in [1.54, 1.807) is 19.2 Å². The molecule has 1 aliphatic heterocycles. The predicted molar refractivity (Wildman–Crippen MR) is 76.6 cm³/mol. The summed E-state index contributed by atoms with van der Waals surface area (Å²) < 4.78 is 26.6. The topological polar surface area (TPSA) is 40.6 Å². The van der Waals surface area contributed by atoms with E-state index in [0.29, 0.717) is 17.4 Å². The molecule has 0 N–H and O–H groups in total. The maximum atomic E-state index is 12.5. The summed E-state index contributed by atoms with van der Waals surface area (Å²) in [6, 6.07) is 7.16. The summed E-state index contributed by atoms with van der Waals surface area (Å²) in [6.45, 7) is 4.47. The van der Waals surface area contributed by atoms with Crippen molar-refractivity contribution in [3.05, 3.63) is 29.8 Å². The lowest BCUT2D eigenvalue weighted by Crippen LogP contribution is -2.33. The number of rotatable bonds is 4. The van der Waals surface area contributed by atoms with E-state index in [1.807, 2.05) is 19.1 Å². The molecule has 1 heterocycles. The molecular formula is C14H22N2O2S. The second kappa shape index (κ2) is 5.61. The van der Waals surface area contributed by atoms with E-state index < -0.39 is 10.0 Å². The standard InChI is InChI=1S/C14H22N2O2S/c1-12-6-4-5-7-14(12)19(17,18)16(3)11-13-8-9-15(2)10-13/h4-7,13H,8-11H2,1-3H3. The molecule has 1 saturated heterocycles. The van der Waals surface area contributed by atoms with Crippen LogP contribution in [-0.4, -0.2) is 51.4 Å². The summed E-state index contributed by atoms with van der Waals surface area (Å²) in [5, 5.41) is 0. The van der Waals surface area contributed by atoms with Gasteiger partial charge < -0.3 is 4.90 Å². The number of likely N-dealkylation sites (tertiary alicyclic amines) is 1. The molecular weight excluding hydrogens is 260 g/mol. The Hall–Kier alpha value is -0.910. The summed E-state index contributed by atoms with van der Waals surface area (Å²) in [7, 11) is 0.400. The Bertz CT molecular complexity index is 542. The van der Waals surface area contributed by atoms with Crippen LogP contribution in [0.25, 0.3) is 0 Å². The van der Waals surface area contributed by atoms with Gasteiger partial charge in [0.2, 0.25) is 10.0 Å². The molecule has 0 aliphatic carbocycles. The van der Waals surface area contributed by atoms with Crippen LogP contribution in [0.5, 0.6) is 0 Å². The van der Waals surface area contributed by atoms with E-state index in [0.717, 1.165) is 25.1 Å². The van der Waals surface area contributed by atoms with Crippen molar-refractivity contribution in [2.45, 2.75) is 18.2 Å². The van der Waals surface area contributed by atoms with Gasteiger partial charge in [-0.3, -0.25) is 0 Å². The smallest absolute Gasteiger partial charge is 0.243 e. The van der Waals surface area contributed by atoms with Gasteiger partial charge in [-0.1, -0.05) is 18.2 Å². The van der Waals surface area contributed by atoms with Crippen molar-refractivity contribution >= 4 is 10.0 Å². The molecule has 5 heteroatoms. The number of benzene rings is 1. The van der Waals surface area contributed by atoms with Crippen molar-refractivity contribution in [3.8, 4) is 0 Å². The van der Waals surface area contributed by atoms with Gasteiger partial charge in [0, 0.05) is 20.1 Å². The highest BCUT2D eigenvalue weighted by Crippen LogP contribution is 2.22. The lowest BCUT2D eigenvalue weighted by atomic mass is 10.1. The fourth-order valence-corrected chi connectivity index (χ4v) is 4.12. The van der Waals surface area contributed by atoms with E-state index in [9.17, 15) is 8.42 Å². The third kappa shape index (κ3) is 3.16. The third-order valence-corrected chi connectivity index (χ3v) is 5.77. The van der Waals surface area contributed by atoms with Crippen LogP contribution < -0.4 is 0 Å². The fraction of sp³-hybridized carbons (Fsp3) is 0.571. The molecule has 0 radical (unpaired) electrons. The van der Waals surface area contributed by atoms with Crippen LogP contribution in [0.4, 0.5) is 0 Å². The molecule has 19 heavy (non-hydrogen) atoms. The number of sulfonamides is 1. The number of hydrogen-bond acceptors (Lipinski definition) is 3. The van der Waals surface area contributed by atoms with Crippen LogP contribution >= 0.6 is 0 Å². The second-order valence-electron chi connectivity index (χ2n) is 5.47. The number of nitrogens with zero attached hydrogens (tertiary/aromatic N) is 2. The Morgan fingerprint density at radius 3 is 2.63 bits per heavy atom. The van der Waals surface area contributed by atoms with E-state index in [4.69, 9.17) is 0 Å². The zero-order chi connectivity index (χ0) is 14.0. The zero-order valence-electron chi connectivity index (χ0n) is 11.8. The Morgan fingerprint density at radius 1 is 1.37 bits per heavy atom. The SMILES string of the molecule is Cc1ccccc1S(=O)(=O)N(C)CC1CCN(C)C1. The molecule has 106 valence electrons. The van der Waals surface area contributed by atoms with Gasteiger partial charge >= 0.3 is 0 Å². The van der Waals surface area contributed by atoms with Gasteiger partial charge in [-0.15, -0.1) is 0 Å². The molecule has 0 saturated carbocycles. The van der Waals surface area contributed by atoms with Crippen molar-refractivity contribution < 1.29 is 8.42 Å². The van der Waals surface area contributed by atoms with Gasteiger partial charge in [0.15, 0.2) is 0 Å². The lowest BCUT2D eigenvalue weighted by molar-refractivity contribution is 0.356. The maximum Gasteiger partial charge on any atom is 0.243 e. The molecule has 1 unspecified atom stereocenters. The first-order chi connectivity index (χ1) is 8.91. The van der Waals surface area contributed by atoms with Gasteiger partial charge in [-0.2, -0.15) is 0 Å². The summed E-state index contributed by atoms with van der Waals surface area (Å²) >= 11 is 0. The minimum Gasteiger partial charge on any atom is -0.306 e. The van der Waals surface area contributed by atoms with Crippen molar-refractivity contribution in [1.82, 2.24) is 9.21 Å². The highest BCUT2D eigenvalue weighted by molar-refractivity contribution is 7.89. The van der Waals surface area contributed by atoms with E-state index in [1.165, 1.54) is 4.31 Å². The van der Waals surface area contributed by atoms with E-state index >= 15 is 0 Å². The van der Waals surface area contributed by atoms with Gasteiger partial charge in [0.25, 0.3) is 0 Å². The minimum absolute atomic E-state index is 0.420. The minimum atomic E-state index is -3.36. The van der Waals surface area contributed by atoms with E-state index in [-0.39, 0.29) is 0 Å². The number of hydrogen-bond donors (Lipinski definition) is 0. The molecule has 0 amide bonds. The molecule has 2 rings (SSSR count). The zero-order valence-corrected chi connectivity index (χ0v) is 12.7. The molecule has 0 spiro atoms. The van der Waals surface area contributed by atoms with Crippen LogP contribution in [0.1, 0.15) is 12.0 Å². The van der Waals surface area contributed by atoms with Crippen LogP contribution in [0.3, 0.4) is 0 Å². The summed E-state index contributed by atoms with van der Waals surface area (Å²) in [6.07, 6.45) is 1.07. The van der Waals surface area contributed by atoms with Gasteiger partial charge in [0.1, 0.15) is 0 Å². The third-order valence-electron chi connectivity index (χ3n) is 3.79. The van der Waals surface area contributed by atoms with E-state index in [2.05, 4.69) is 11.9 Å². The Morgan fingerprint density at radius 2 is 2.05 bits per heavy atom. The van der Waals surface area contributed by atoms with Crippen LogP contribution in [0, 0.1) is 12.8 Å². The summed E-state index contributed by atoms with van der Waals surface area (Å²) in [4.78, 5) is 2.67. The average molecular weight is 282 g/mol. The van der Waals surface area contributed by atoms with Gasteiger partial charge in [0.05, 0.1) is 4.90 Å². The first-order valence-electron chi connectivity index (χ1n) is 6.62. The second-order valence-corrected chi connectivity index (χ2v) is 7.48. The van der Waals surface area contributed by atoms with Crippen LogP contribution in [-0.2, 0) is 10.0 Å². The molecule has 0 bridgehead atoms. The Labute approximate surface area is 116 Å². The first kappa shape index (κ1) is 14.5. The number of aryl methyl sites for hydroxylation is 1. The molecule has 1 fully saturated rings. The van der Waals surface area contributed by atoms with Crippen molar-refractivity contribution in [2.75, 3.05) is 33.7 Å². The predicted octanol–water partition coefficient (Wildman–Crippen LogP) is 1.57. The molecule has 1 aromatic carbocycles. The molecule has 1 aromatic rings. The van der Waals surface area contributed by atoms with Gasteiger partial charge in [-0.25, -0.2) is 12.7 Å². The monoisotopic (exact) mass is 282 g/mol. The molecule has 1 atom stereocenters. The van der Waals surface area contributed by atoms with Crippen molar-refractivity contribution in [3.63, 3.8) is 0 Å². The average Bonchev–Trinajstić information content (AvgIpc) is 2.75. The maximum absolute atomic E-state index is 12.5. The quantitative estimate of drug-likeness (QED) is 0.841. The van der Waals surface area contributed by atoms with Crippen molar-refractivity contribution in [1.29, 1.82) is 0 Å². The lowest BCUT2D eigenvalue weighted by Gasteiger charge is -2.21. The largest absolute Gasteiger partial charge is 0.306 e. The van der Waals surface area contributed by atoms with Crippen LogP contribution in [0.15, 0.2) is 29.2 Å². The summed E-state index contributed by atoms with van der Waals surface area (Å²) in [5.41, 5.74) is 0.804. The molecule has 4 nitrogen and oxygen atoms in total. The highest BCUT2D eigenvalue weighted by atomic mass is 32.2. The van der Waals surface area contributed by atoms with Gasteiger partial charge in [-0.05, 0) is 44.5 Å². The van der Waals surface area contributed by atoms with Crippen LogP contribution in [0.2, 0.25) is 0 Å². The fourth-order valence-electron chi connectivity index (χ4n) is 2.65.